The van der Waals surface area contributed by atoms with E-state index in [2.05, 4.69) is 15.0 Å². The van der Waals surface area contributed by atoms with Gasteiger partial charge in [0, 0.05) is 4.88 Å². The summed E-state index contributed by atoms with van der Waals surface area (Å²) >= 11 is 8.93. The number of nitriles is 1. The van der Waals surface area contributed by atoms with Crippen LogP contribution in [0.15, 0.2) is 76.4 Å². The number of halogens is 1. The molecule has 2 aromatic heterocycles. The minimum atomic E-state index is -0.335. The predicted octanol–water partition coefficient (Wildman–Crippen LogP) is 6.26. The number of fused-ring (bicyclic) bond motifs is 1. The maximum absolute atomic E-state index is 13.4. The number of carbonyl (C=O) groups excluding carboxylic acids is 1. The molecule has 4 aromatic rings. The van der Waals surface area contributed by atoms with Crippen LogP contribution in [0.2, 0.25) is 5.02 Å². The third-order valence-corrected chi connectivity index (χ3v) is 7.47. The standard InChI is InChI=1S/C26H18ClN5O3S2/c1-35-23-9-8-15(11-18(23)27)32-25(34)21(12-16-5-4-10-36-16)31-26(32)37-14-22(33)17(13-28)24-29-19-6-2-3-7-20(19)30-24/h2-12,33H,14H2,1H3,(H,29,30)/b21-12+,22-17-. The summed E-state index contributed by atoms with van der Waals surface area (Å²) < 4.78 is 5.23. The van der Waals surface area contributed by atoms with Crippen molar-refractivity contribution in [3.05, 3.63) is 87.2 Å². The molecule has 0 bridgehead atoms. The Morgan fingerprint density at radius 3 is 2.84 bits per heavy atom. The number of aromatic nitrogens is 2. The Balaban J connectivity index is 1.47. The lowest BCUT2D eigenvalue weighted by atomic mass is 10.2. The lowest BCUT2D eigenvalue weighted by Crippen LogP contribution is -2.30. The second-order valence-corrected chi connectivity index (χ2v) is 10.1. The van der Waals surface area contributed by atoms with Crippen LogP contribution in [0.4, 0.5) is 5.69 Å². The Morgan fingerprint density at radius 1 is 1.30 bits per heavy atom. The van der Waals surface area contributed by atoms with E-state index < -0.39 is 0 Å². The molecule has 5 rings (SSSR count). The maximum atomic E-state index is 13.4. The number of ether oxygens (including phenoxy) is 1. The Kier molecular flexibility index (Phi) is 7.01. The molecule has 0 spiro atoms. The molecule has 0 saturated carbocycles. The molecule has 1 amide bonds. The number of anilines is 1. The number of nitrogens with one attached hydrogen (secondary N) is 1. The van der Waals surface area contributed by atoms with E-state index in [0.717, 1.165) is 22.2 Å². The number of rotatable bonds is 6. The van der Waals surface area contributed by atoms with E-state index in [1.165, 1.54) is 23.3 Å². The van der Waals surface area contributed by atoms with Gasteiger partial charge >= 0.3 is 0 Å². The van der Waals surface area contributed by atoms with Gasteiger partial charge in [-0.05, 0) is 47.9 Å². The molecular weight excluding hydrogens is 530 g/mol. The van der Waals surface area contributed by atoms with Gasteiger partial charge in [-0.25, -0.2) is 9.98 Å². The highest BCUT2D eigenvalue weighted by molar-refractivity contribution is 8.14. The highest BCUT2D eigenvalue weighted by Gasteiger charge is 2.33. The maximum Gasteiger partial charge on any atom is 0.283 e. The fraction of sp³-hybridized carbons (Fsp3) is 0.0769. The number of aliphatic hydroxyl groups excluding tert-OH is 1. The largest absolute Gasteiger partial charge is 0.510 e. The number of benzene rings is 2. The molecule has 0 aliphatic carbocycles. The highest BCUT2D eigenvalue weighted by atomic mass is 35.5. The summed E-state index contributed by atoms with van der Waals surface area (Å²) in [5, 5.41) is 23.2. The lowest BCUT2D eigenvalue weighted by Gasteiger charge is -2.18. The molecule has 0 fully saturated rings. The first kappa shape index (κ1) is 24.6. The molecule has 0 radical (unpaired) electrons. The number of para-hydroxylation sites is 2. The number of thiophene rings is 1. The highest BCUT2D eigenvalue weighted by Crippen LogP contribution is 2.35. The van der Waals surface area contributed by atoms with Gasteiger partial charge < -0.3 is 14.8 Å². The van der Waals surface area contributed by atoms with Gasteiger partial charge in [0.1, 0.15) is 28.8 Å². The van der Waals surface area contributed by atoms with E-state index in [0.29, 0.717) is 27.1 Å². The summed E-state index contributed by atoms with van der Waals surface area (Å²) in [5.74, 6) is 0.202. The number of nitrogens with zero attached hydrogens (tertiary/aromatic N) is 4. The van der Waals surface area contributed by atoms with Gasteiger partial charge in [-0.15, -0.1) is 11.3 Å². The summed E-state index contributed by atoms with van der Waals surface area (Å²) in [5.41, 5.74) is 2.20. The smallest absolute Gasteiger partial charge is 0.283 e. The van der Waals surface area contributed by atoms with Crippen LogP contribution in [0.5, 0.6) is 5.75 Å². The minimum Gasteiger partial charge on any atom is -0.510 e. The second kappa shape index (κ2) is 10.5. The Bertz CT molecular complexity index is 1600. The lowest BCUT2D eigenvalue weighted by molar-refractivity contribution is -0.113. The zero-order valence-electron chi connectivity index (χ0n) is 19.3. The minimum absolute atomic E-state index is 0.0152. The number of aliphatic imine (C=N–C) groups is 1. The number of hydrogen-bond donors (Lipinski definition) is 2. The number of amidine groups is 1. The number of imidazole rings is 1. The number of hydrogen-bond acceptors (Lipinski definition) is 8. The average Bonchev–Trinajstić information content (AvgIpc) is 3.63. The van der Waals surface area contributed by atoms with Crippen molar-refractivity contribution >= 4 is 74.1 Å². The summed E-state index contributed by atoms with van der Waals surface area (Å²) in [7, 11) is 1.51. The van der Waals surface area contributed by atoms with Crippen LogP contribution >= 0.6 is 34.7 Å². The normalized spacial score (nSPS) is 15.2. The molecular formula is C26H18ClN5O3S2. The van der Waals surface area contributed by atoms with E-state index in [9.17, 15) is 15.2 Å². The first-order chi connectivity index (χ1) is 18.0. The number of carbonyl (C=O) groups is 1. The van der Waals surface area contributed by atoms with Crippen molar-refractivity contribution in [1.29, 1.82) is 5.26 Å². The van der Waals surface area contributed by atoms with Gasteiger partial charge in [0.15, 0.2) is 11.0 Å². The van der Waals surface area contributed by atoms with Crippen molar-refractivity contribution in [2.24, 2.45) is 4.99 Å². The predicted molar refractivity (Wildman–Crippen MR) is 149 cm³/mol. The van der Waals surface area contributed by atoms with E-state index in [1.807, 2.05) is 47.8 Å². The van der Waals surface area contributed by atoms with Gasteiger partial charge in [0.05, 0.1) is 34.6 Å². The SMILES string of the molecule is COc1ccc(N2C(=O)/C(=C\c3cccs3)N=C2SC/C(O)=C(\C#N)c2nc3ccccc3[nH]2)cc1Cl. The van der Waals surface area contributed by atoms with Crippen molar-refractivity contribution in [2.75, 3.05) is 17.8 Å². The van der Waals surface area contributed by atoms with Crippen molar-refractivity contribution in [1.82, 2.24) is 9.97 Å². The molecule has 11 heteroatoms. The number of H-pyrrole nitrogens is 1. The molecule has 0 saturated heterocycles. The fourth-order valence-electron chi connectivity index (χ4n) is 3.65. The van der Waals surface area contributed by atoms with Crippen molar-refractivity contribution in [2.45, 2.75) is 0 Å². The first-order valence-electron chi connectivity index (χ1n) is 10.9. The van der Waals surface area contributed by atoms with Crippen LogP contribution in [0.25, 0.3) is 22.7 Å². The molecule has 0 atom stereocenters. The Hall–Kier alpha value is -4.04. The molecule has 184 valence electrons. The number of amides is 1. The summed E-state index contributed by atoms with van der Waals surface area (Å²) in [6.45, 7) is 0. The van der Waals surface area contributed by atoms with Gasteiger partial charge in [-0.3, -0.25) is 9.69 Å². The number of methoxy groups -OCH3 is 1. The topological polar surface area (TPSA) is 115 Å². The number of allylic oxidation sites excluding steroid dienone is 1. The molecule has 0 unspecified atom stereocenters. The second-order valence-electron chi connectivity index (χ2n) is 7.72. The molecule has 37 heavy (non-hydrogen) atoms. The number of thioether (sulfide) groups is 1. The van der Waals surface area contributed by atoms with Crippen LogP contribution in [-0.4, -0.2) is 39.0 Å². The van der Waals surface area contributed by atoms with Gasteiger partial charge in [-0.2, -0.15) is 5.26 Å². The number of aromatic amines is 1. The molecule has 1 aliphatic heterocycles. The van der Waals surface area contributed by atoms with Gasteiger partial charge in [0.2, 0.25) is 0 Å². The summed E-state index contributed by atoms with van der Waals surface area (Å²) in [6, 6.07) is 18.1. The first-order valence-corrected chi connectivity index (χ1v) is 13.1. The molecule has 8 nitrogen and oxygen atoms in total. The van der Waals surface area contributed by atoms with Crippen LogP contribution < -0.4 is 9.64 Å². The summed E-state index contributed by atoms with van der Waals surface area (Å²) in [4.78, 5) is 27.7. The van der Waals surface area contributed by atoms with E-state index >= 15 is 0 Å². The van der Waals surface area contributed by atoms with Crippen LogP contribution in [0.1, 0.15) is 10.7 Å². The Morgan fingerprint density at radius 2 is 2.14 bits per heavy atom. The van der Waals surface area contributed by atoms with Gasteiger partial charge in [-0.1, -0.05) is 41.6 Å². The van der Waals surface area contributed by atoms with Crippen molar-refractivity contribution < 1.29 is 14.6 Å². The third kappa shape index (κ3) is 4.97. The van der Waals surface area contributed by atoms with E-state index in [1.54, 1.807) is 24.3 Å². The van der Waals surface area contributed by atoms with E-state index in [-0.39, 0.29) is 34.5 Å². The van der Waals surface area contributed by atoms with Crippen LogP contribution in [0.3, 0.4) is 0 Å². The Labute approximate surface area is 225 Å². The molecule has 3 heterocycles. The molecule has 2 N–H and O–H groups in total. The van der Waals surface area contributed by atoms with Crippen molar-refractivity contribution in [3.8, 4) is 11.8 Å². The zero-order chi connectivity index (χ0) is 25.9. The third-order valence-electron chi connectivity index (χ3n) is 5.41. The van der Waals surface area contributed by atoms with Crippen LogP contribution in [-0.2, 0) is 4.79 Å². The zero-order valence-corrected chi connectivity index (χ0v) is 21.7. The molecule has 2 aromatic carbocycles. The van der Waals surface area contributed by atoms with E-state index in [4.69, 9.17) is 16.3 Å². The fourth-order valence-corrected chi connectivity index (χ4v) is 5.45. The molecule has 1 aliphatic rings. The monoisotopic (exact) mass is 547 g/mol. The summed E-state index contributed by atoms with van der Waals surface area (Å²) in [6.07, 6.45) is 1.71. The van der Waals surface area contributed by atoms with Crippen molar-refractivity contribution in [3.63, 3.8) is 0 Å². The quantitative estimate of drug-likeness (QED) is 0.167. The van der Waals surface area contributed by atoms with Crippen LogP contribution in [0, 0.1) is 11.3 Å². The number of aliphatic hydroxyl groups is 1. The van der Waals surface area contributed by atoms with Gasteiger partial charge in [0.25, 0.3) is 5.91 Å². The average molecular weight is 548 g/mol.